The Morgan fingerprint density at radius 3 is 2.95 bits per heavy atom. The second-order valence-corrected chi connectivity index (χ2v) is 6.00. The molecule has 0 spiro atoms. The van der Waals surface area contributed by atoms with Gasteiger partial charge < -0.3 is 9.80 Å². The minimum atomic E-state index is -0.287. The van der Waals surface area contributed by atoms with Crippen LogP contribution in [0.3, 0.4) is 0 Å². The summed E-state index contributed by atoms with van der Waals surface area (Å²) in [5.74, 6) is 5.29. The lowest BCUT2D eigenvalue weighted by Crippen LogP contribution is -2.60. The normalized spacial score (nSPS) is 22.9. The van der Waals surface area contributed by atoms with Gasteiger partial charge in [-0.2, -0.15) is 0 Å². The molecule has 2 fully saturated rings. The molecule has 1 aromatic heterocycles. The first-order valence-electron chi connectivity index (χ1n) is 6.56. The van der Waals surface area contributed by atoms with E-state index in [1.807, 2.05) is 0 Å². The molecule has 0 saturated carbocycles. The smallest absolute Gasteiger partial charge is 0.246 e. The minimum Gasteiger partial charge on any atom is -0.329 e. The van der Waals surface area contributed by atoms with Crippen LogP contribution >= 0.6 is 11.3 Å². The van der Waals surface area contributed by atoms with E-state index in [1.54, 1.807) is 9.80 Å². The first kappa shape index (κ1) is 13.3. The second kappa shape index (κ2) is 5.33. The van der Waals surface area contributed by atoms with Crippen LogP contribution in [-0.2, 0) is 16.1 Å². The maximum absolute atomic E-state index is 12.4. The van der Waals surface area contributed by atoms with Gasteiger partial charge in [-0.3, -0.25) is 15.0 Å². The first-order valence-corrected chi connectivity index (χ1v) is 7.38. The summed E-state index contributed by atoms with van der Waals surface area (Å²) in [6.07, 6.45) is 2.73. The minimum absolute atomic E-state index is 0.0155. The molecule has 20 heavy (non-hydrogen) atoms. The van der Waals surface area contributed by atoms with Crippen LogP contribution in [0.1, 0.15) is 24.3 Å². The summed E-state index contributed by atoms with van der Waals surface area (Å²) in [6, 6.07) is -0.287. The Kier molecular flexibility index (Phi) is 3.53. The van der Waals surface area contributed by atoms with Gasteiger partial charge in [0.2, 0.25) is 16.9 Å². The fourth-order valence-electron chi connectivity index (χ4n) is 2.70. The van der Waals surface area contributed by atoms with Crippen LogP contribution in [0, 0.1) is 0 Å². The maximum atomic E-state index is 12.4. The molecule has 8 nitrogen and oxygen atoms in total. The Morgan fingerprint density at radius 2 is 2.20 bits per heavy atom. The van der Waals surface area contributed by atoms with Crippen LogP contribution in [0.4, 0.5) is 5.13 Å². The van der Waals surface area contributed by atoms with E-state index < -0.39 is 0 Å². The third-order valence-electron chi connectivity index (χ3n) is 3.66. The lowest BCUT2D eigenvalue weighted by atomic mass is 9.98. The fourth-order valence-corrected chi connectivity index (χ4v) is 3.37. The summed E-state index contributed by atoms with van der Waals surface area (Å²) in [4.78, 5) is 27.8. The Balaban J connectivity index is 1.73. The number of nitrogens with two attached hydrogens (primary N) is 1. The SMILES string of the molecule is NNc1nnc(CN2CC(=O)N3CCCCC3C2=O)s1. The van der Waals surface area contributed by atoms with Crippen molar-refractivity contribution in [3.8, 4) is 0 Å². The number of carbonyl (C=O) groups is 2. The zero-order valence-corrected chi connectivity index (χ0v) is 11.7. The van der Waals surface area contributed by atoms with Crippen LogP contribution in [0.5, 0.6) is 0 Å². The summed E-state index contributed by atoms with van der Waals surface area (Å²) >= 11 is 1.28. The summed E-state index contributed by atoms with van der Waals surface area (Å²) in [7, 11) is 0. The van der Waals surface area contributed by atoms with Crippen molar-refractivity contribution in [3.63, 3.8) is 0 Å². The predicted octanol–water partition coefficient (Wildman–Crippen LogP) is -0.453. The van der Waals surface area contributed by atoms with Crippen molar-refractivity contribution < 1.29 is 9.59 Å². The molecule has 1 unspecified atom stereocenters. The highest BCUT2D eigenvalue weighted by atomic mass is 32.1. The van der Waals surface area contributed by atoms with Gasteiger partial charge in [0, 0.05) is 6.54 Å². The van der Waals surface area contributed by atoms with E-state index in [0.29, 0.717) is 23.2 Å². The summed E-state index contributed by atoms with van der Waals surface area (Å²) in [5, 5.41) is 8.94. The molecule has 3 rings (SSSR count). The molecule has 0 aliphatic carbocycles. The number of hydrogen-bond acceptors (Lipinski definition) is 7. The molecular weight excluding hydrogens is 280 g/mol. The zero-order chi connectivity index (χ0) is 14.1. The highest BCUT2D eigenvalue weighted by molar-refractivity contribution is 7.15. The highest BCUT2D eigenvalue weighted by Crippen LogP contribution is 2.25. The van der Waals surface area contributed by atoms with Crippen LogP contribution in [0.15, 0.2) is 0 Å². The maximum Gasteiger partial charge on any atom is 0.246 e. The molecule has 3 N–H and O–H groups in total. The molecule has 2 aliphatic heterocycles. The number of carbonyl (C=O) groups excluding carboxylic acids is 2. The van der Waals surface area contributed by atoms with E-state index >= 15 is 0 Å². The predicted molar refractivity (Wildman–Crippen MR) is 72.5 cm³/mol. The van der Waals surface area contributed by atoms with Crippen LogP contribution in [-0.4, -0.2) is 50.9 Å². The Morgan fingerprint density at radius 1 is 1.35 bits per heavy atom. The summed E-state index contributed by atoms with van der Waals surface area (Å²) in [5.41, 5.74) is 2.42. The number of nitrogens with one attached hydrogen (secondary N) is 1. The molecule has 2 saturated heterocycles. The summed E-state index contributed by atoms with van der Waals surface area (Å²) < 4.78 is 0. The van der Waals surface area contributed by atoms with Gasteiger partial charge in [-0.05, 0) is 19.3 Å². The van der Waals surface area contributed by atoms with Crippen molar-refractivity contribution >= 4 is 28.3 Å². The fraction of sp³-hybridized carbons (Fsp3) is 0.636. The number of rotatable bonds is 3. The third-order valence-corrected chi connectivity index (χ3v) is 4.50. The molecule has 108 valence electrons. The van der Waals surface area contributed by atoms with Gasteiger partial charge in [0.05, 0.1) is 6.54 Å². The van der Waals surface area contributed by atoms with Gasteiger partial charge in [-0.25, -0.2) is 5.84 Å². The van der Waals surface area contributed by atoms with Crippen LogP contribution in [0.2, 0.25) is 0 Å². The van der Waals surface area contributed by atoms with Crippen molar-refractivity contribution in [2.45, 2.75) is 31.8 Å². The molecule has 9 heteroatoms. The Bertz CT molecular complexity index is 533. The number of nitrogen functional groups attached to an aromatic ring is 1. The molecule has 0 radical (unpaired) electrons. The number of hydrogen-bond donors (Lipinski definition) is 2. The van der Waals surface area contributed by atoms with Gasteiger partial charge in [-0.15, -0.1) is 10.2 Å². The quantitative estimate of drug-likeness (QED) is 0.578. The lowest BCUT2D eigenvalue weighted by molar-refractivity contribution is -0.158. The number of hydrazine groups is 1. The van der Waals surface area contributed by atoms with Crippen molar-refractivity contribution in [1.82, 2.24) is 20.0 Å². The second-order valence-electron chi connectivity index (χ2n) is 4.94. The monoisotopic (exact) mass is 296 g/mol. The zero-order valence-electron chi connectivity index (χ0n) is 10.9. The van der Waals surface area contributed by atoms with Gasteiger partial charge in [0.15, 0.2) is 0 Å². The van der Waals surface area contributed by atoms with E-state index in [4.69, 9.17) is 5.84 Å². The third kappa shape index (κ3) is 2.34. The topological polar surface area (TPSA) is 104 Å². The van der Waals surface area contributed by atoms with Gasteiger partial charge >= 0.3 is 0 Å². The molecule has 2 amide bonds. The number of anilines is 1. The molecule has 0 bridgehead atoms. The number of piperidine rings is 1. The first-order chi connectivity index (χ1) is 9.69. The average Bonchev–Trinajstić information content (AvgIpc) is 2.92. The number of nitrogens with zero attached hydrogens (tertiary/aromatic N) is 4. The number of amides is 2. The van der Waals surface area contributed by atoms with Gasteiger partial charge in [-0.1, -0.05) is 11.3 Å². The van der Waals surface area contributed by atoms with E-state index in [9.17, 15) is 9.59 Å². The van der Waals surface area contributed by atoms with Crippen molar-refractivity contribution in [2.75, 3.05) is 18.5 Å². The molecule has 0 aromatic carbocycles. The van der Waals surface area contributed by atoms with Crippen LogP contribution in [0.25, 0.3) is 0 Å². The standard InChI is InChI=1S/C11H16N6O2S/c12-13-11-15-14-8(20-11)5-16-6-9(18)17-4-2-1-3-7(17)10(16)19/h7H,1-6,12H2,(H,13,15). The Hall–Kier alpha value is -1.74. The molecular formula is C11H16N6O2S. The van der Waals surface area contributed by atoms with Crippen molar-refractivity contribution in [2.24, 2.45) is 5.84 Å². The Labute approximate surface area is 119 Å². The number of aromatic nitrogens is 2. The molecule has 1 aromatic rings. The van der Waals surface area contributed by atoms with Gasteiger partial charge in [0.1, 0.15) is 17.6 Å². The molecule has 2 aliphatic rings. The average molecular weight is 296 g/mol. The van der Waals surface area contributed by atoms with Crippen molar-refractivity contribution in [3.05, 3.63) is 5.01 Å². The molecule has 1 atom stereocenters. The largest absolute Gasteiger partial charge is 0.329 e. The van der Waals surface area contributed by atoms with E-state index in [2.05, 4.69) is 15.6 Å². The number of fused-ring (bicyclic) bond motifs is 1. The van der Waals surface area contributed by atoms with Crippen molar-refractivity contribution in [1.29, 1.82) is 0 Å². The van der Waals surface area contributed by atoms with E-state index in [-0.39, 0.29) is 24.4 Å². The summed E-state index contributed by atoms with van der Waals surface area (Å²) in [6.45, 7) is 1.14. The number of piperazine rings is 1. The molecule has 3 heterocycles. The van der Waals surface area contributed by atoms with E-state index in [1.165, 1.54) is 11.3 Å². The van der Waals surface area contributed by atoms with Gasteiger partial charge in [0.25, 0.3) is 0 Å². The highest BCUT2D eigenvalue weighted by Gasteiger charge is 2.40. The van der Waals surface area contributed by atoms with Crippen LogP contribution < -0.4 is 11.3 Å². The van der Waals surface area contributed by atoms with E-state index in [0.717, 1.165) is 19.3 Å². The lowest BCUT2D eigenvalue weighted by Gasteiger charge is -2.42.